The Morgan fingerprint density at radius 3 is 3.17 bits per heavy atom. The van der Waals surface area contributed by atoms with Crippen molar-refractivity contribution >= 4 is 22.9 Å². The van der Waals surface area contributed by atoms with Gasteiger partial charge in [0.1, 0.15) is 0 Å². The third-order valence-corrected chi connectivity index (χ3v) is 6.26. The third-order valence-electron chi connectivity index (χ3n) is 4.96. The summed E-state index contributed by atoms with van der Waals surface area (Å²) >= 11 is 7.96. The first-order valence-corrected chi connectivity index (χ1v) is 9.40. The molecule has 1 fully saturated rings. The van der Waals surface area contributed by atoms with E-state index in [1.165, 1.54) is 16.0 Å². The van der Waals surface area contributed by atoms with Crippen LogP contribution in [0.4, 0.5) is 0 Å². The molecule has 0 saturated carbocycles. The Kier molecular flexibility index (Phi) is 4.18. The van der Waals surface area contributed by atoms with Crippen LogP contribution in [0.3, 0.4) is 0 Å². The number of ether oxygens (including phenoxy) is 1. The van der Waals surface area contributed by atoms with Gasteiger partial charge < -0.3 is 10.1 Å². The van der Waals surface area contributed by atoms with Crippen molar-refractivity contribution in [1.82, 2.24) is 10.3 Å². The summed E-state index contributed by atoms with van der Waals surface area (Å²) in [7, 11) is 0. The number of thiophene rings is 1. The number of aromatic nitrogens is 1. The molecule has 0 radical (unpaired) electrons. The lowest BCUT2D eigenvalue weighted by molar-refractivity contribution is -0.0785. The molecular weight excluding hydrogens is 328 g/mol. The molecule has 1 saturated heterocycles. The van der Waals surface area contributed by atoms with Gasteiger partial charge in [0.15, 0.2) is 0 Å². The molecule has 0 amide bonds. The molecule has 1 N–H and O–H groups in total. The minimum atomic E-state index is -0.0927. The monoisotopic (exact) mass is 348 g/mol. The summed E-state index contributed by atoms with van der Waals surface area (Å²) < 4.78 is 7.34. The summed E-state index contributed by atoms with van der Waals surface area (Å²) in [5.74, 6) is 0. The first-order chi connectivity index (χ1) is 11.1. The number of hydrogen-bond donors (Lipinski definition) is 1. The van der Waals surface area contributed by atoms with Crippen molar-refractivity contribution in [3.05, 3.63) is 50.9 Å². The van der Waals surface area contributed by atoms with E-state index in [2.05, 4.69) is 29.4 Å². The number of halogens is 1. The van der Waals surface area contributed by atoms with E-state index < -0.39 is 0 Å². The molecule has 4 rings (SSSR count). The van der Waals surface area contributed by atoms with Crippen LogP contribution >= 0.6 is 22.9 Å². The first-order valence-electron chi connectivity index (χ1n) is 8.21. The van der Waals surface area contributed by atoms with Gasteiger partial charge in [-0.25, -0.2) is 0 Å². The van der Waals surface area contributed by atoms with E-state index in [9.17, 15) is 0 Å². The highest BCUT2D eigenvalue weighted by Gasteiger charge is 2.42. The van der Waals surface area contributed by atoms with Crippen molar-refractivity contribution in [3.8, 4) is 0 Å². The van der Waals surface area contributed by atoms with Crippen LogP contribution in [0.15, 0.2) is 30.6 Å². The molecule has 2 aromatic heterocycles. The van der Waals surface area contributed by atoms with Gasteiger partial charge in [-0.2, -0.15) is 0 Å². The maximum Gasteiger partial charge on any atom is 0.0934 e. The molecule has 0 bridgehead atoms. The summed E-state index contributed by atoms with van der Waals surface area (Å²) in [4.78, 5) is 5.69. The van der Waals surface area contributed by atoms with Crippen LogP contribution in [0, 0.1) is 0 Å². The fraction of sp³-hybridized carbons (Fsp3) is 0.500. The molecule has 2 aliphatic rings. The zero-order chi connectivity index (χ0) is 15.9. The summed E-state index contributed by atoms with van der Waals surface area (Å²) in [5, 5.41) is 3.71. The van der Waals surface area contributed by atoms with Gasteiger partial charge in [-0.1, -0.05) is 17.7 Å². The lowest BCUT2D eigenvalue weighted by atomic mass is 9.79. The second-order valence-electron chi connectivity index (χ2n) is 6.77. The lowest BCUT2D eigenvalue weighted by Gasteiger charge is -2.44. The van der Waals surface area contributed by atoms with Crippen molar-refractivity contribution in [2.45, 2.75) is 50.3 Å². The number of nitrogens with zero attached hydrogens (tertiary/aromatic N) is 1. The van der Waals surface area contributed by atoms with E-state index in [1.807, 2.05) is 18.5 Å². The predicted molar refractivity (Wildman–Crippen MR) is 94.2 cm³/mol. The molecule has 3 nitrogen and oxygen atoms in total. The number of rotatable bonds is 1. The Labute approximate surface area is 146 Å². The summed E-state index contributed by atoms with van der Waals surface area (Å²) in [5.41, 5.74) is 2.53. The van der Waals surface area contributed by atoms with Crippen molar-refractivity contribution in [3.63, 3.8) is 0 Å². The summed E-state index contributed by atoms with van der Waals surface area (Å²) in [6.07, 6.45) is 7.76. The van der Waals surface area contributed by atoms with E-state index >= 15 is 0 Å². The highest BCUT2D eigenvalue weighted by molar-refractivity contribution is 7.16. The van der Waals surface area contributed by atoms with Crippen molar-refractivity contribution in [1.29, 1.82) is 0 Å². The lowest BCUT2D eigenvalue weighted by Crippen LogP contribution is -2.50. The van der Waals surface area contributed by atoms with E-state index in [1.54, 1.807) is 11.3 Å². The molecule has 122 valence electrons. The van der Waals surface area contributed by atoms with Gasteiger partial charge in [0, 0.05) is 35.8 Å². The number of piperidine rings is 1. The number of nitrogens with one attached hydrogen (secondary N) is 1. The molecule has 0 unspecified atom stereocenters. The molecule has 4 heterocycles. The summed E-state index contributed by atoms with van der Waals surface area (Å²) in [6.45, 7) is 3.04. The van der Waals surface area contributed by atoms with Crippen LogP contribution in [0.25, 0.3) is 0 Å². The predicted octanol–water partition coefficient (Wildman–Crippen LogP) is 4.16. The third kappa shape index (κ3) is 3.18. The number of hydrogen-bond acceptors (Lipinski definition) is 4. The van der Waals surface area contributed by atoms with E-state index in [0.29, 0.717) is 12.1 Å². The van der Waals surface area contributed by atoms with Crippen LogP contribution in [0.5, 0.6) is 0 Å². The van der Waals surface area contributed by atoms with Crippen LogP contribution < -0.4 is 5.32 Å². The minimum Gasteiger partial charge on any atom is -0.374 e. The molecular formula is C18H21ClN2OS. The molecule has 0 aliphatic carbocycles. The Balaban J connectivity index is 1.64. The maximum absolute atomic E-state index is 6.44. The average Bonchev–Trinajstić information content (AvgIpc) is 2.79. The minimum absolute atomic E-state index is 0.0927. The largest absolute Gasteiger partial charge is 0.374 e. The Morgan fingerprint density at radius 2 is 2.35 bits per heavy atom. The van der Waals surface area contributed by atoms with E-state index in [-0.39, 0.29) is 5.60 Å². The molecule has 2 aromatic rings. The molecule has 23 heavy (non-hydrogen) atoms. The average molecular weight is 349 g/mol. The van der Waals surface area contributed by atoms with Gasteiger partial charge >= 0.3 is 0 Å². The van der Waals surface area contributed by atoms with Gasteiger partial charge in [0.25, 0.3) is 0 Å². The van der Waals surface area contributed by atoms with Crippen LogP contribution in [0.2, 0.25) is 4.34 Å². The summed E-state index contributed by atoms with van der Waals surface area (Å²) in [6, 6.07) is 7.00. The Morgan fingerprint density at radius 1 is 1.43 bits per heavy atom. The second kappa shape index (κ2) is 6.17. The van der Waals surface area contributed by atoms with Gasteiger partial charge in [0.2, 0.25) is 0 Å². The molecule has 3 atom stereocenters. The molecule has 0 aromatic carbocycles. The molecule has 2 aliphatic heterocycles. The van der Waals surface area contributed by atoms with Gasteiger partial charge in [-0.05, 0) is 49.4 Å². The Hall–Kier alpha value is -0.940. The number of fused-ring (bicyclic) bond motifs is 1. The van der Waals surface area contributed by atoms with Crippen LogP contribution in [-0.2, 0) is 17.6 Å². The quantitative estimate of drug-likeness (QED) is 0.840. The highest BCUT2D eigenvalue weighted by Crippen LogP contribution is 2.42. The molecule has 5 heteroatoms. The Bertz CT molecular complexity index is 690. The fourth-order valence-electron chi connectivity index (χ4n) is 4.05. The van der Waals surface area contributed by atoms with Crippen LogP contribution in [0.1, 0.15) is 41.8 Å². The zero-order valence-electron chi connectivity index (χ0n) is 13.2. The SMILES string of the molecule is C[C@H]1C[C@@]2(Cc3sc(Cl)cc3CCO2)C[C@@H](c2cccnc2)N1. The van der Waals surface area contributed by atoms with Crippen molar-refractivity contribution in [2.75, 3.05) is 6.61 Å². The standard InChI is InChI=1S/C18H21ClN2OS/c1-12-8-18(9-15(21-12)14-3-2-5-20-11-14)10-16-13(4-6-22-18)7-17(19)23-16/h2-3,5,7,11-12,15,21H,4,6,8-10H2,1H3/t12-,15-,18-/m0/s1. The van der Waals surface area contributed by atoms with Crippen molar-refractivity contribution < 1.29 is 4.74 Å². The van der Waals surface area contributed by atoms with Gasteiger partial charge in [0.05, 0.1) is 16.5 Å². The van der Waals surface area contributed by atoms with Crippen molar-refractivity contribution in [2.24, 2.45) is 0 Å². The zero-order valence-corrected chi connectivity index (χ0v) is 14.8. The highest BCUT2D eigenvalue weighted by atomic mass is 35.5. The maximum atomic E-state index is 6.44. The van der Waals surface area contributed by atoms with E-state index in [4.69, 9.17) is 16.3 Å². The van der Waals surface area contributed by atoms with Gasteiger partial charge in [-0.3, -0.25) is 4.98 Å². The van der Waals surface area contributed by atoms with Crippen LogP contribution in [-0.4, -0.2) is 23.2 Å². The molecule has 1 spiro atoms. The second-order valence-corrected chi connectivity index (χ2v) is 8.54. The van der Waals surface area contributed by atoms with Gasteiger partial charge in [-0.15, -0.1) is 11.3 Å². The fourth-order valence-corrected chi connectivity index (χ4v) is 5.52. The first kappa shape index (κ1) is 15.6. The van der Waals surface area contributed by atoms with E-state index in [0.717, 1.165) is 36.6 Å². The smallest absolute Gasteiger partial charge is 0.0934 e. The number of pyridine rings is 1. The topological polar surface area (TPSA) is 34.1 Å². The normalized spacial score (nSPS) is 30.9.